The molecular weight excluding hydrogens is 334 g/mol. The van der Waals surface area contributed by atoms with Gasteiger partial charge in [-0.2, -0.15) is 5.26 Å². The Morgan fingerprint density at radius 1 is 1.42 bits per heavy atom. The highest BCUT2D eigenvalue weighted by Gasteiger charge is 2.52. The van der Waals surface area contributed by atoms with Crippen LogP contribution in [0.15, 0.2) is 24.3 Å². The number of carbonyl (C=O) groups is 1. The minimum absolute atomic E-state index is 0.0515. The Morgan fingerprint density at radius 2 is 2.15 bits per heavy atom. The summed E-state index contributed by atoms with van der Waals surface area (Å²) in [5, 5.41) is 16.3. The van der Waals surface area contributed by atoms with E-state index in [1.807, 2.05) is 30.3 Å². The number of hydrogen-bond acceptors (Lipinski definition) is 6. The number of ether oxygens (including phenoxy) is 1. The number of hydrogen-bond donors (Lipinski definition) is 1. The van der Waals surface area contributed by atoms with Gasteiger partial charge in [-0.15, -0.1) is 5.10 Å². The van der Waals surface area contributed by atoms with Crippen molar-refractivity contribution in [2.45, 2.75) is 31.0 Å². The van der Waals surface area contributed by atoms with Crippen molar-refractivity contribution in [1.82, 2.24) is 15.0 Å². The second kappa shape index (κ2) is 5.74. The first-order valence-electron chi connectivity index (χ1n) is 8.13. The van der Waals surface area contributed by atoms with Gasteiger partial charge in [-0.3, -0.25) is 4.90 Å². The molecule has 1 amide bonds. The van der Waals surface area contributed by atoms with E-state index in [1.165, 1.54) is 9.58 Å². The van der Waals surface area contributed by atoms with Gasteiger partial charge in [0.2, 0.25) is 5.69 Å². The molecule has 2 aliphatic rings. The van der Waals surface area contributed by atoms with Gasteiger partial charge in [0.05, 0.1) is 13.1 Å². The predicted octanol–water partition coefficient (Wildman–Crippen LogP) is 1.67. The lowest BCUT2D eigenvalue weighted by atomic mass is 10.1. The SMILES string of the molecule is [C-]#[N+]C1(c2ccc(N3C[C@H](Cn4nnc(C#N)c4N)OC3=O)cc2)CC1. The number of rotatable bonds is 4. The fourth-order valence-electron chi connectivity index (χ4n) is 3.09. The molecule has 130 valence electrons. The van der Waals surface area contributed by atoms with Crippen LogP contribution in [0.2, 0.25) is 0 Å². The molecule has 2 heterocycles. The lowest BCUT2D eigenvalue weighted by molar-refractivity contribution is 0.129. The molecule has 0 unspecified atom stereocenters. The molecule has 1 atom stereocenters. The molecule has 1 aliphatic carbocycles. The summed E-state index contributed by atoms with van der Waals surface area (Å²) in [6.45, 7) is 7.89. The van der Waals surface area contributed by atoms with Gasteiger partial charge >= 0.3 is 6.09 Å². The van der Waals surface area contributed by atoms with Gasteiger partial charge < -0.3 is 15.3 Å². The molecule has 1 aliphatic heterocycles. The van der Waals surface area contributed by atoms with E-state index in [9.17, 15) is 4.79 Å². The highest BCUT2D eigenvalue weighted by Crippen LogP contribution is 2.49. The van der Waals surface area contributed by atoms with E-state index >= 15 is 0 Å². The van der Waals surface area contributed by atoms with Gasteiger partial charge in [-0.05, 0) is 24.3 Å². The van der Waals surface area contributed by atoms with Gasteiger partial charge in [-0.25, -0.2) is 16.0 Å². The van der Waals surface area contributed by atoms with Crippen molar-refractivity contribution in [2.24, 2.45) is 0 Å². The number of nitrogens with two attached hydrogens (primary N) is 1. The van der Waals surface area contributed by atoms with Crippen LogP contribution in [0.1, 0.15) is 24.1 Å². The monoisotopic (exact) mass is 349 g/mol. The van der Waals surface area contributed by atoms with Crippen LogP contribution in [-0.2, 0) is 16.8 Å². The number of amides is 1. The van der Waals surface area contributed by atoms with Crippen LogP contribution in [-0.4, -0.2) is 33.7 Å². The zero-order valence-electron chi connectivity index (χ0n) is 13.8. The number of nitriles is 1. The lowest BCUT2D eigenvalue weighted by Gasteiger charge is -2.14. The molecule has 2 fully saturated rings. The number of carbonyl (C=O) groups excluding carboxylic acids is 1. The van der Waals surface area contributed by atoms with Gasteiger partial charge in [0, 0.05) is 24.1 Å². The van der Waals surface area contributed by atoms with Crippen LogP contribution >= 0.6 is 0 Å². The van der Waals surface area contributed by atoms with Crippen LogP contribution in [0.25, 0.3) is 4.85 Å². The van der Waals surface area contributed by atoms with E-state index in [2.05, 4.69) is 15.2 Å². The maximum absolute atomic E-state index is 12.2. The van der Waals surface area contributed by atoms with E-state index in [4.69, 9.17) is 22.3 Å². The maximum atomic E-state index is 12.2. The number of cyclic esters (lactones) is 1. The third-order valence-electron chi connectivity index (χ3n) is 4.78. The van der Waals surface area contributed by atoms with Gasteiger partial charge in [-0.1, -0.05) is 5.21 Å². The average Bonchev–Trinajstić information content (AvgIpc) is 3.27. The smallest absolute Gasteiger partial charge is 0.414 e. The first kappa shape index (κ1) is 15.9. The maximum Gasteiger partial charge on any atom is 0.414 e. The van der Waals surface area contributed by atoms with E-state index in [0.29, 0.717) is 12.2 Å². The molecule has 4 rings (SSSR count). The molecule has 9 heteroatoms. The molecule has 2 N–H and O–H groups in total. The Kier molecular flexibility index (Phi) is 3.51. The van der Waals surface area contributed by atoms with Crippen LogP contribution < -0.4 is 10.6 Å². The number of benzene rings is 1. The summed E-state index contributed by atoms with van der Waals surface area (Å²) in [6.07, 6.45) is 0.866. The molecule has 26 heavy (non-hydrogen) atoms. The first-order chi connectivity index (χ1) is 12.6. The van der Waals surface area contributed by atoms with Crippen LogP contribution in [0.5, 0.6) is 0 Å². The van der Waals surface area contributed by atoms with Gasteiger partial charge in [0.1, 0.15) is 12.2 Å². The summed E-state index contributed by atoms with van der Waals surface area (Å²) in [5.74, 6) is 0.153. The van der Waals surface area contributed by atoms with Crippen molar-refractivity contribution in [2.75, 3.05) is 17.2 Å². The molecule has 1 aromatic carbocycles. The average molecular weight is 349 g/mol. The highest BCUT2D eigenvalue weighted by atomic mass is 16.6. The zero-order valence-corrected chi connectivity index (χ0v) is 13.8. The van der Waals surface area contributed by atoms with Crippen molar-refractivity contribution >= 4 is 17.6 Å². The molecule has 2 aromatic rings. The summed E-state index contributed by atoms with van der Waals surface area (Å²) < 4.78 is 6.73. The van der Waals surface area contributed by atoms with Crippen molar-refractivity contribution < 1.29 is 9.53 Å². The molecule has 9 nitrogen and oxygen atoms in total. The fraction of sp³-hybridized carbons (Fsp3) is 0.353. The van der Waals surface area contributed by atoms with E-state index in [-0.39, 0.29) is 23.6 Å². The van der Waals surface area contributed by atoms with Gasteiger partial charge in [0.15, 0.2) is 5.82 Å². The number of nitrogen functional groups attached to an aromatic ring is 1. The summed E-state index contributed by atoms with van der Waals surface area (Å²) >= 11 is 0. The predicted molar refractivity (Wildman–Crippen MR) is 90.7 cm³/mol. The normalized spacial score (nSPS) is 20.3. The van der Waals surface area contributed by atoms with Crippen molar-refractivity contribution in [3.63, 3.8) is 0 Å². The van der Waals surface area contributed by atoms with Crippen LogP contribution in [0, 0.1) is 17.9 Å². The summed E-state index contributed by atoms with van der Waals surface area (Å²) in [5.41, 5.74) is 7.17. The molecule has 0 spiro atoms. The van der Waals surface area contributed by atoms with Crippen molar-refractivity contribution in [3.05, 3.63) is 46.9 Å². The molecular formula is C17H15N7O2. The van der Waals surface area contributed by atoms with Crippen LogP contribution in [0.4, 0.5) is 16.3 Å². The van der Waals surface area contributed by atoms with E-state index in [1.54, 1.807) is 0 Å². The second-order valence-electron chi connectivity index (χ2n) is 6.42. The third-order valence-corrected chi connectivity index (χ3v) is 4.78. The minimum atomic E-state index is -0.451. The van der Waals surface area contributed by atoms with E-state index < -0.39 is 12.2 Å². The molecule has 1 aromatic heterocycles. The molecule has 1 saturated heterocycles. The number of nitrogens with zero attached hydrogens (tertiary/aromatic N) is 6. The molecule has 1 saturated carbocycles. The summed E-state index contributed by atoms with van der Waals surface area (Å²) in [6, 6.07) is 9.32. The minimum Gasteiger partial charge on any atom is -0.442 e. The summed E-state index contributed by atoms with van der Waals surface area (Å²) in [7, 11) is 0. The van der Waals surface area contributed by atoms with Crippen molar-refractivity contribution in [3.8, 4) is 6.07 Å². The first-order valence-corrected chi connectivity index (χ1v) is 8.13. The zero-order chi connectivity index (χ0) is 18.3. The van der Waals surface area contributed by atoms with E-state index in [0.717, 1.165) is 18.4 Å². The largest absolute Gasteiger partial charge is 0.442 e. The standard InChI is InChI=1S/C17H15N7O2/c1-20-17(6-7-17)11-2-4-12(5-3-11)23-9-13(26-16(23)25)10-24-15(19)14(8-18)21-22-24/h2-5,13H,6-7,9-10,19H2/t13-/m1/s1. The van der Waals surface area contributed by atoms with Crippen molar-refractivity contribution in [1.29, 1.82) is 5.26 Å². The Hall–Kier alpha value is -3.59. The third kappa shape index (κ3) is 2.50. The fourth-order valence-corrected chi connectivity index (χ4v) is 3.09. The highest BCUT2D eigenvalue weighted by molar-refractivity contribution is 5.89. The molecule has 0 radical (unpaired) electrons. The Morgan fingerprint density at radius 3 is 2.73 bits per heavy atom. The molecule has 0 bridgehead atoms. The number of aromatic nitrogens is 3. The lowest BCUT2D eigenvalue weighted by Crippen LogP contribution is -2.26. The quantitative estimate of drug-likeness (QED) is 0.840. The Balaban J connectivity index is 1.47. The van der Waals surface area contributed by atoms with Crippen LogP contribution in [0.3, 0.4) is 0 Å². The van der Waals surface area contributed by atoms with Gasteiger partial charge in [0.25, 0.3) is 5.54 Å². The second-order valence-corrected chi connectivity index (χ2v) is 6.42. The Labute approximate surface area is 149 Å². The summed E-state index contributed by atoms with van der Waals surface area (Å²) in [4.78, 5) is 17.4. The topological polar surface area (TPSA) is 114 Å². The number of anilines is 2. The Bertz CT molecular complexity index is 947.